The third kappa shape index (κ3) is 3.42. The summed E-state index contributed by atoms with van der Waals surface area (Å²) in [7, 11) is -3.47. The molecule has 1 aromatic rings. The molecule has 0 atom stereocenters. The largest absolute Gasteiger partial charge is 0.326 e. The fourth-order valence-corrected chi connectivity index (χ4v) is 4.99. The third-order valence-electron chi connectivity index (χ3n) is 3.32. The van der Waals surface area contributed by atoms with E-state index in [9.17, 15) is 8.42 Å². The average molecular weight is 361 g/mol. The highest BCUT2D eigenvalue weighted by Crippen LogP contribution is 2.35. The lowest BCUT2D eigenvalue weighted by Crippen LogP contribution is -2.36. The van der Waals surface area contributed by atoms with Gasteiger partial charge in [0.05, 0.1) is 4.90 Å². The van der Waals surface area contributed by atoms with Gasteiger partial charge in [-0.3, -0.25) is 0 Å². The summed E-state index contributed by atoms with van der Waals surface area (Å²) in [6, 6.07) is 5.44. The monoisotopic (exact) mass is 360 g/mol. The van der Waals surface area contributed by atoms with Gasteiger partial charge < -0.3 is 5.73 Å². The number of sulfonamides is 1. The lowest BCUT2D eigenvalue weighted by molar-refractivity contribution is 0.360. The SMILES string of the molecule is CC(C)CN(C1CC1)S(=O)(=O)c1cc(CN)ccc1Br. The second kappa shape index (κ2) is 6.13. The van der Waals surface area contributed by atoms with Gasteiger partial charge in [-0.25, -0.2) is 8.42 Å². The van der Waals surface area contributed by atoms with Crippen LogP contribution in [0.25, 0.3) is 0 Å². The molecule has 112 valence electrons. The Balaban J connectivity index is 2.41. The minimum Gasteiger partial charge on any atom is -0.326 e. The Labute approximate surface area is 129 Å². The number of rotatable bonds is 6. The van der Waals surface area contributed by atoms with Gasteiger partial charge in [-0.1, -0.05) is 19.9 Å². The number of nitrogens with zero attached hydrogens (tertiary/aromatic N) is 1. The Morgan fingerprint density at radius 2 is 2.05 bits per heavy atom. The first-order valence-electron chi connectivity index (χ1n) is 6.86. The Kier molecular flexibility index (Phi) is 4.89. The maximum Gasteiger partial charge on any atom is 0.244 e. The topological polar surface area (TPSA) is 63.4 Å². The van der Waals surface area contributed by atoms with Gasteiger partial charge >= 0.3 is 0 Å². The van der Waals surface area contributed by atoms with Crippen LogP contribution < -0.4 is 5.73 Å². The van der Waals surface area contributed by atoms with E-state index in [2.05, 4.69) is 15.9 Å². The molecule has 0 amide bonds. The van der Waals surface area contributed by atoms with E-state index in [-0.39, 0.29) is 6.04 Å². The highest BCUT2D eigenvalue weighted by Gasteiger charge is 2.39. The fraction of sp³-hybridized carbons (Fsp3) is 0.571. The Morgan fingerprint density at radius 1 is 1.40 bits per heavy atom. The van der Waals surface area contributed by atoms with Gasteiger partial charge in [0.2, 0.25) is 10.0 Å². The van der Waals surface area contributed by atoms with Crippen LogP contribution in [0, 0.1) is 5.92 Å². The molecule has 1 fully saturated rings. The molecule has 1 aromatic carbocycles. The molecule has 0 radical (unpaired) electrons. The van der Waals surface area contributed by atoms with Crippen LogP contribution in [0.2, 0.25) is 0 Å². The number of hydrogen-bond donors (Lipinski definition) is 1. The molecule has 0 aliphatic heterocycles. The predicted molar refractivity (Wildman–Crippen MR) is 83.8 cm³/mol. The summed E-state index contributed by atoms with van der Waals surface area (Å²) in [5.74, 6) is 0.307. The first kappa shape index (κ1) is 15.9. The summed E-state index contributed by atoms with van der Waals surface area (Å²) in [5.41, 5.74) is 6.44. The molecular weight excluding hydrogens is 340 g/mol. The molecule has 0 unspecified atom stereocenters. The summed E-state index contributed by atoms with van der Waals surface area (Å²) >= 11 is 3.35. The summed E-state index contributed by atoms with van der Waals surface area (Å²) in [4.78, 5) is 0.327. The van der Waals surface area contributed by atoms with Crippen molar-refractivity contribution in [3.63, 3.8) is 0 Å². The van der Waals surface area contributed by atoms with Crippen LogP contribution in [0.3, 0.4) is 0 Å². The Morgan fingerprint density at radius 3 is 2.55 bits per heavy atom. The van der Waals surface area contributed by atoms with E-state index in [0.29, 0.717) is 28.4 Å². The summed E-state index contributed by atoms with van der Waals surface area (Å²) in [6.07, 6.45) is 1.92. The second-order valence-corrected chi connectivity index (χ2v) is 8.38. The molecule has 2 rings (SSSR count). The van der Waals surface area contributed by atoms with Crippen molar-refractivity contribution in [1.29, 1.82) is 0 Å². The van der Waals surface area contributed by atoms with Crippen molar-refractivity contribution >= 4 is 26.0 Å². The summed E-state index contributed by atoms with van der Waals surface area (Å²) < 4.78 is 28.0. The van der Waals surface area contributed by atoms with Crippen LogP contribution in [0.1, 0.15) is 32.3 Å². The molecule has 0 bridgehead atoms. The standard InChI is InChI=1S/C14H21BrN2O2S/c1-10(2)9-17(12-4-5-12)20(18,19)14-7-11(8-16)3-6-13(14)15/h3,6-7,10,12H,4-5,8-9,16H2,1-2H3. The zero-order valence-electron chi connectivity index (χ0n) is 11.8. The number of benzene rings is 1. The van der Waals surface area contributed by atoms with Crippen molar-refractivity contribution in [3.8, 4) is 0 Å². The molecular formula is C14H21BrN2O2S. The van der Waals surface area contributed by atoms with Crippen molar-refractivity contribution in [2.75, 3.05) is 6.54 Å². The van der Waals surface area contributed by atoms with Gasteiger partial charge in [0.25, 0.3) is 0 Å². The molecule has 6 heteroatoms. The smallest absolute Gasteiger partial charge is 0.244 e. The van der Waals surface area contributed by atoms with E-state index in [1.165, 1.54) is 0 Å². The van der Waals surface area contributed by atoms with Crippen molar-refractivity contribution in [2.45, 2.75) is 44.2 Å². The number of nitrogens with two attached hydrogens (primary N) is 1. The van der Waals surface area contributed by atoms with E-state index >= 15 is 0 Å². The molecule has 0 saturated heterocycles. The third-order valence-corrected chi connectivity index (χ3v) is 6.23. The summed E-state index contributed by atoms with van der Waals surface area (Å²) in [6.45, 7) is 4.97. The minimum absolute atomic E-state index is 0.163. The molecule has 4 nitrogen and oxygen atoms in total. The molecule has 2 N–H and O–H groups in total. The quantitative estimate of drug-likeness (QED) is 0.847. The first-order chi connectivity index (χ1) is 9.36. The lowest BCUT2D eigenvalue weighted by Gasteiger charge is -2.24. The van der Waals surface area contributed by atoms with Gasteiger partial charge in [-0.2, -0.15) is 4.31 Å². The maximum atomic E-state index is 12.9. The predicted octanol–water partition coefficient (Wildman–Crippen LogP) is 2.72. The van der Waals surface area contributed by atoms with Gasteiger partial charge in [0.15, 0.2) is 0 Å². The van der Waals surface area contributed by atoms with Crippen molar-refractivity contribution in [1.82, 2.24) is 4.31 Å². The highest BCUT2D eigenvalue weighted by molar-refractivity contribution is 9.10. The van der Waals surface area contributed by atoms with Crippen molar-refractivity contribution in [3.05, 3.63) is 28.2 Å². The van der Waals surface area contributed by atoms with Gasteiger partial charge in [0, 0.05) is 23.6 Å². The van der Waals surface area contributed by atoms with E-state index < -0.39 is 10.0 Å². The van der Waals surface area contributed by atoms with Crippen LogP contribution in [-0.4, -0.2) is 25.3 Å². The Bertz CT molecular complexity index is 583. The minimum atomic E-state index is -3.47. The van der Waals surface area contributed by atoms with Crippen molar-refractivity contribution in [2.24, 2.45) is 11.7 Å². The van der Waals surface area contributed by atoms with Crippen LogP contribution in [0.15, 0.2) is 27.6 Å². The van der Waals surface area contributed by atoms with Crippen LogP contribution >= 0.6 is 15.9 Å². The highest BCUT2D eigenvalue weighted by atomic mass is 79.9. The van der Waals surface area contributed by atoms with E-state index in [1.54, 1.807) is 16.4 Å². The van der Waals surface area contributed by atoms with Crippen LogP contribution in [-0.2, 0) is 16.6 Å². The normalized spacial score (nSPS) is 16.1. The molecule has 1 aliphatic rings. The number of hydrogen-bond acceptors (Lipinski definition) is 3. The fourth-order valence-electron chi connectivity index (χ4n) is 2.16. The molecule has 1 saturated carbocycles. The lowest BCUT2D eigenvalue weighted by atomic mass is 10.2. The van der Waals surface area contributed by atoms with E-state index in [4.69, 9.17) is 5.73 Å². The second-order valence-electron chi connectivity index (χ2n) is 5.67. The number of halogens is 1. The molecule has 0 heterocycles. The van der Waals surface area contributed by atoms with Crippen LogP contribution in [0.4, 0.5) is 0 Å². The van der Waals surface area contributed by atoms with Gasteiger partial charge in [-0.15, -0.1) is 0 Å². The average Bonchev–Trinajstić information content (AvgIpc) is 3.20. The molecule has 0 spiro atoms. The Hall–Kier alpha value is -0.430. The van der Waals surface area contributed by atoms with Gasteiger partial charge in [-0.05, 0) is 52.4 Å². The van der Waals surface area contributed by atoms with Gasteiger partial charge in [0.1, 0.15) is 0 Å². The molecule has 1 aliphatic carbocycles. The van der Waals surface area contributed by atoms with Crippen LogP contribution in [0.5, 0.6) is 0 Å². The first-order valence-corrected chi connectivity index (χ1v) is 9.10. The van der Waals surface area contributed by atoms with E-state index in [0.717, 1.165) is 18.4 Å². The summed E-state index contributed by atoms with van der Waals surface area (Å²) in [5, 5.41) is 0. The zero-order valence-corrected chi connectivity index (χ0v) is 14.2. The molecule has 20 heavy (non-hydrogen) atoms. The van der Waals surface area contributed by atoms with Crippen molar-refractivity contribution < 1.29 is 8.42 Å². The zero-order chi connectivity index (χ0) is 14.9. The molecule has 0 aromatic heterocycles. The van der Waals surface area contributed by atoms with E-state index in [1.807, 2.05) is 19.9 Å². The maximum absolute atomic E-state index is 12.9.